The standard InChI is InChI=1S/C12H14O3/c1-2-14-12-10(13)8-11(12)15-9-6-4-3-5-7-9/h3-7,11-12H,2,8H2,1H3. The quantitative estimate of drug-likeness (QED) is 0.753. The van der Waals surface area contributed by atoms with E-state index in [2.05, 4.69) is 0 Å². The maximum atomic E-state index is 11.2. The first-order valence-electron chi connectivity index (χ1n) is 5.17. The summed E-state index contributed by atoms with van der Waals surface area (Å²) in [7, 11) is 0. The number of Topliss-reactive ketones (excluding diaryl/α,β-unsaturated/α-hetero) is 1. The summed E-state index contributed by atoms with van der Waals surface area (Å²) in [6, 6.07) is 9.51. The topological polar surface area (TPSA) is 35.5 Å². The summed E-state index contributed by atoms with van der Waals surface area (Å²) in [4.78, 5) is 11.2. The van der Waals surface area contributed by atoms with Gasteiger partial charge in [-0.3, -0.25) is 4.79 Å². The molecule has 1 fully saturated rings. The lowest BCUT2D eigenvalue weighted by atomic mass is 9.90. The Hall–Kier alpha value is -1.35. The average molecular weight is 206 g/mol. The third-order valence-electron chi connectivity index (χ3n) is 2.43. The van der Waals surface area contributed by atoms with Crippen molar-refractivity contribution < 1.29 is 14.3 Å². The largest absolute Gasteiger partial charge is 0.487 e. The number of ether oxygens (including phenoxy) is 2. The fraction of sp³-hybridized carbons (Fsp3) is 0.417. The van der Waals surface area contributed by atoms with Crippen molar-refractivity contribution in [1.82, 2.24) is 0 Å². The van der Waals surface area contributed by atoms with Gasteiger partial charge in [0.2, 0.25) is 0 Å². The fourth-order valence-corrected chi connectivity index (χ4v) is 1.63. The van der Waals surface area contributed by atoms with Crippen LogP contribution < -0.4 is 4.74 Å². The number of hydrogen-bond donors (Lipinski definition) is 0. The van der Waals surface area contributed by atoms with Crippen LogP contribution in [0.25, 0.3) is 0 Å². The Labute approximate surface area is 89.0 Å². The van der Waals surface area contributed by atoms with E-state index in [1.807, 2.05) is 37.3 Å². The van der Waals surface area contributed by atoms with Crippen molar-refractivity contribution in [3.05, 3.63) is 30.3 Å². The highest BCUT2D eigenvalue weighted by molar-refractivity contribution is 5.90. The van der Waals surface area contributed by atoms with Crippen molar-refractivity contribution >= 4 is 5.78 Å². The van der Waals surface area contributed by atoms with Crippen LogP contribution in [0.2, 0.25) is 0 Å². The number of benzene rings is 1. The molecule has 1 saturated carbocycles. The number of rotatable bonds is 4. The van der Waals surface area contributed by atoms with Gasteiger partial charge in [0.15, 0.2) is 11.9 Å². The molecule has 0 saturated heterocycles. The molecular formula is C12H14O3. The van der Waals surface area contributed by atoms with Crippen LogP contribution in [0.3, 0.4) is 0 Å². The Balaban J connectivity index is 1.93. The Bertz CT molecular complexity index is 334. The van der Waals surface area contributed by atoms with Crippen LogP contribution in [-0.4, -0.2) is 24.6 Å². The first-order valence-corrected chi connectivity index (χ1v) is 5.17. The van der Waals surface area contributed by atoms with Crippen molar-refractivity contribution in [2.75, 3.05) is 6.61 Å². The lowest BCUT2D eigenvalue weighted by Crippen LogP contribution is -2.52. The van der Waals surface area contributed by atoms with Crippen LogP contribution in [-0.2, 0) is 9.53 Å². The smallest absolute Gasteiger partial charge is 0.169 e. The number of carbonyl (C=O) groups excluding carboxylic acids is 1. The van der Waals surface area contributed by atoms with Crippen LogP contribution in [0.4, 0.5) is 0 Å². The van der Waals surface area contributed by atoms with Gasteiger partial charge in [-0.25, -0.2) is 0 Å². The Kier molecular flexibility index (Phi) is 3.02. The van der Waals surface area contributed by atoms with Crippen LogP contribution in [0.1, 0.15) is 13.3 Å². The molecule has 0 aliphatic heterocycles. The molecule has 0 radical (unpaired) electrons. The monoisotopic (exact) mass is 206 g/mol. The maximum absolute atomic E-state index is 11.2. The molecule has 0 heterocycles. The van der Waals surface area contributed by atoms with E-state index in [1.54, 1.807) is 0 Å². The summed E-state index contributed by atoms with van der Waals surface area (Å²) in [5, 5.41) is 0. The maximum Gasteiger partial charge on any atom is 0.169 e. The zero-order chi connectivity index (χ0) is 10.7. The van der Waals surface area contributed by atoms with Crippen LogP contribution >= 0.6 is 0 Å². The summed E-state index contributed by atoms with van der Waals surface area (Å²) in [6.45, 7) is 2.43. The van der Waals surface area contributed by atoms with Gasteiger partial charge in [-0.05, 0) is 19.1 Å². The number of hydrogen-bond acceptors (Lipinski definition) is 3. The number of para-hydroxylation sites is 1. The first kappa shape index (κ1) is 10.2. The van der Waals surface area contributed by atoms with Gasteiger partial charge in [-0.15, -0.1) is 0 Å². The van der Waals surface area contributed by atoms with E-state index in [1.165, 1.54) is 0 Å². The number of carbonyl (C=O) groups is 1. The predicted molar refractivity (Wildman–Crippen MR) is 55.9 cm³/mol. The molecule has 0 amide bonds. The second-order valence-corrected chi connectivity index (χ2v) is 3.52. The van der Waals surface area contributed by atoms with E-state index in [0.717, 1.165) is 5.75 Å². The third kappa shape index (κ3) is 2.18. The van der Waals surface area contributed by atoms with Gasteiger partial charge in [-0.1, -0.05) is 18.2 Å². The molecular weight excluding hydrogens is 192 g/mol. The van der Waals surface area contributed by atoms with Gasteiger partial charge < -0.3 is 9.47 Å². The molecule has 0 aromatic heterocycles. The van der Waals surface area contributed by atoms with E-state index in [0.29, 0.717) is 13.0 Å². The highest BCUT2D eigenvalue weighted by atomic mass is 16.5. The predicted octanol–water partition coefficient (Wildman–Crippen LogP) is 1.81. The molecule has 15 heavy (non-hydrogen) atoms. The summed E-state index contributed by atoms with van der Waals surface area (Å²) in [6.07, 6.45) is -0.0189. The van der Waals surface area contributed by atoms with Crippen molar-refractivity contribution in [3.63, 3.8) is 0 Å². The SMILES string of the molecule is CCOC1C(=O)CC1Oc1ccccc1. The summed E-state index contributed by atoms with van der Waals surface area (Å²) >= 11 is 0. The van der Waals surface area contributed by atoms with E-state index in [4.69, 9.17) is 9.47 Å². The minimum atomic E-state index is -0.366. The van der Waals surface area contributed by atoms with Gasteiger partial charge >= 0.3 is 0 Å². The van der Waals surface area contributed by atoms with Crippen molar-refractivity contribution in [2.24, 2.45) is 0 Å². The lowest BCUT2D eigenvalue weighted by Gasteiger charge is -2.34. The van der Waals surface area contributed by atoms with Crippen LogP contribution in [0.5, 0.6) is 5.75 Å². The molecule has 0 N–H and O–H groups in total. The molecule has 80 valence electrons. The molecule has 3 nitrogen and oxygen atoms in total. The van der Waals surface area contributed by atoms with Crippen LogP contribution in [0.15, 0.2) is 30.3 Å². The zero-order valence-corrected chi connectivity index (χ0v) is 8.68. The highest BCUT2D eigenvalue weighted by Gasteiger charge is 2.42. The lowest BCUT2D eigenvalue weighted by molar-refractivity contribution is -0.154. The average Bonchev–Trinajstić information content (AvgIpc) is 2.27. The van der Waals surface area contributed by atoms with E-state index >= 15 is 0 Å². The first-order chi connectivity index (χ1) is 7.31. The molecule has 3 heteroatoms. The molecule has 0 bridgehead atoms. The van der Waals surface area contributed by atoms with Gasteiger partial charge in [0.1, 0.15) is 11.9 Å². The minimum absolute atomic E-state index is 0.111. The highest BCUT2D eigenvalue weighted by Crippen LogP contribution is 2.25. The normalized spacial score (nSPS) is 24.7. The molecule has 1 aliphatic rings. The van der Waals surface area contributed by atoms with E-state index < -0.39 is 0 Å². The molecule has 2 atom stereocenters. The summed E-state index contributed by atoms with van der Waals surface area (Å²) < 4.78 is 10.9. The second kappa shape index (κ2) is 4.45. The van der Waals surface area contributed by atoms with Crippen LogP contribution in [0, 0.1) is 0 Å². The van der Waals surface area contributed by atoms with Gasteiger partial charge in [-0.2, -0.15) is 0 Å². The molecule has 2 rings (SSSR count). The van der Waals surface area contributed by atoms with Gasteiger partial charge in [0.05, 0.1) is 0 Å². The zero-order valence-electron chi connectivity index (χ0n) is 8.68. The second-order valence-electron chi connectivity index (χ2n) is 3.52. The Morgan fingerprint density at radius 2 is 2.07 bits per heavy atom. The Morgan fingerprint density at radius 1 is 1.33 bits per heavy atom. The van der Waals surface area contributed by atoms with Crippen molar-refractivity contribution in [2.45, 2.75) is 25.6 Å². The Morgan fingerprint density at radius 3 is 2.67 bits per heavy atom. The minimum Gasteiger partial charge on any atom is -0.487 e. The van der Waals surface area contributed by atoms with Gasteiger partial charge in [0, 0.05) is 13.0 Å². The molecule has 1 aromatic carbocycles. The fourth-order valence-electron chi connectivity index (χ4n) is 1.63. The van der Waals surface area contributed by atoms with Crippen molar-refractivity contribution in [1.29, 1.82) is 0 Å². The molecule has 1 aliphatic carbocycles. The van der Waals surface area contributed by atoms with E-state index in [9.17, 15) is 4.79 Å². The molecule has 1 aromatic rings. The number of ketones is 1. The third-order valence-corrected chi connectivity index (χ3v) is 2.43. The summed E-state index contributed by atoms with van der Waals surface area (Å²) in [5.41, 5.74) is 0. The molecule has 0 spiro atoms. The van der Waals surface area contributed by atoms with E-state index in [-0.39, 0.29) is 18.0 Å². The van der Waals surface area contributed by atoms with Gasteiger partial charge in [0.25, 0.3) is 0 Å². The van der Waals surface area contributed by atoms with Crippen molar-refractivity contribution in [3.8, 4) is 5.75 Å². The summed E-state index contributed by atoms with van der Waals surface area (Å²) in [5.74, 6) is 0.928. The molecule has 2 unspecified atom stereocenters.